The zero-order chi connectivity index (χ0) is 14.8. The Labute approximate surface area is 124 Å². The van der Waals surface area contributed by atoms with Crippen molar-refractivity contribution in [2.24, 2.45) is 0 Å². The van der Waals surface area contributed by atoms with E-state index >= 15 is 0 Å². The Morgan fingerprint density at radius 1 is 1.33 bits per heavy atom. The molecule has 3 aromatic rings. The summed E-state index contributed by atoms with van der Waals surface area (Å²) in [5, 5.41) is 3.29. The van der Waals surface area contributed by atoms with Crippen LogP contribution in [0.15, 0.2) is 30.6 Å². The third-order valence-corrected chi connectivity index (χ3v) is 3.86. The van der Waals surface area contributed by atoms with E-state index in [1.165, 1.54) is 30.8 Å². The molecule has 0 unspecified atom stereocenters. The van der Waals surface area contributed by atoms with Crippen LogP contribution in [0.25, 0.3) is 10.2 Å². The molecule has 3 rings (SSSR count). The number of anilines is 1. The van der Waals surface area contributed by atoms with Gasteiger partial charge in [0.25, 0.3) is 5.91 Å². The molecule has 7 heteroatoms. The fourth-order valence-corrected chi connectivity index (χ4v) is 2.81. The van der Waals surface area contributed by atoms with Crippen molar-refractivity contribution < 1.29 is 9.53 Å². The molecular weight excluding hydrogens is 288 g/mol. The number of nitrogens with one attached hydrogen (secondary N) is 1. The molecule has 0 radical (unpaired) electrons. The van der Waals surface area contributed by atoms with E-state index < -0.39 is 0 Å². The summed E-state index contributed by atoms with van der Waals surface area (Å²) < 4.78 is 6.01. The number of para-hydroxylation sites is 1. The van der Waals surface area contributed by atoms with Crippen molar-refractivity contribution in [3.63, 3.8) is 0 Å². The molecule has 0 aliphatic rings. The number of benzene rings is 1. The molecule has 0 aliphatic carbocycles. The highest BCUT2D eigenvalue weighted by Crippen LogP contribution is 2.28. The Morgan fingerprint density at radius 3 is 2.95 bits per heavy atom. The predicted molar refractivity (Wildman–Crippen MR) is 80.9 cm³/mol. The lowest BCUT2D eigenvalue weighted by molar-refractivity contribution is 0.102. The van der Waals surface area contributed by atoms with Gasteiger partial charge in [-0.2, -0.15) is 0 Å². The first-order valence-electron chi connectivity index (χ1n) is 6.21. The lowest BCUT2D eigenvalue weighted by Gasteiger charge is -2.02. The summed E-state index contributed by atoms with van der Waals surface area (Å²) in [7, 11) is 1.49. The van der Waals surface area contributed by atoms with Crippen molar-refractivity contribution >= 4 is 32.6 Å². The Kier molecular flexibility index (Phi) is 3.49. The average molecular weight is 300 g/mol. The number of aryl methyl sites for hydroxylation is 1. The van der Waals surface area contributed by atoms with Crippen molar-refractivity contribution in [2.45, 2.75) is 6.92 Å². The quantitative estimate of drug-likeness (QED) is 0.804. The van der Waals surface area contributed by atoms with E-state index in [2.05, 4.69) is 20.3 Å². The second-order valence-electron chi connectivity index (χ2n) is 4.34. The van der Waals surface area contributed by atoms with Crippen molar-refractivity contribution in [3.05, 3.63) is 41.9 Å². The van der Waals surface area contributed by atoms with Crippen LogP contribution < -0.4 is 10.1 Å². The number of fused-ring (bicyclic) bond motifs is 1. The molecule has 1 N–H and O–H groups in total. The summed E-state index contributed by atoms with van der Waals surface area (Å²) in [6.45, 7) is 1.99. The molecule has 21 heavy (non-hydrogen) atoms. The number of thiazole rings is 1. The van der Waals surface area contributed by atoms with Gasteiger partial charge in [0.2, 0.25) is 5.88 Å². The van der Waals surface area contributed by atoms with Crippen molar-refractivity contribution in [1.29, 1.82) is 0 Å². The summed E-state index contributed by atoms with van der Waals surface area (Å²) >= 11 is 1.43. The van der Waals surface area contributed by atoms with Gasteiger partial charge in [-0.3, -0.25) is 10.1 Å². The molecular formula is C14H12N4O2S. The minimum atomic E-state index is -0.340. The Bertz CT molecular complexity index is 816. The lowest BCUT2D eigenvalue weighted by atomic mass is 10.2. The number of carbonyl (C=O) groups is 1. The van der Waals surface area contributed by atoms with Crippen molar-refractivity contribution in [1.82, 2.24) is 15.0 Å². The third kappa shape index (κ3) is 2.68. The summed E-state index contributed by atoms with van der Waals surface area (Å²) in [6, 6.07) is 7.41. The molecule has 106 valence electrons. The van der Waals surface area contributed by atoms with Crippen LogP contribution in [0.4, 0.5) is 5.13 Å². The number of hydrogen-bond donors (Lipinski definition) is 1. The number of aromatic nitrogens is 3. The monoisotopic (exact) mass is 300 g/mol. The highest BCUT2D eigenvalue weighted by Gasteiger charge is 2.13. The smallest absolute Gasteiger partial charge is 0.276 e. The van der Waals surface area contributed by atoms with Crippen LogP contribution in [-0.4, -0.2) is 28.0 Å². The van der Waals surface area contributed by atoms with Gasteiger partial charge in [-0.15, -0.1) is 0 Å². The molecule has 0 aliphatic heterocycles. The molecule has 1 amide bonds. The van der Waals surface area contributed by atoms with E-state index in [4.69, 9.17) is 4.74 Å². The molecule has 0 bridgehead atoms. The van der Waals surface area contributed by atoms with Gasteiger partial charge >= 0.3 is 0 Å². The zero-order valence-electron chi connectivity index (χ0n) is 11.5. The molecule has 0 fully saturated rings. The minimum absolute atomic E-state index is 0.234. The van der Waals surface area contributed by atoms with Crippen molar-refractivity contribution in [2.75, 3.05) is 12.4 Å². The minimum Gasteiger partial charge on any atom is -0.481 e. The number of carbonyl (C=O) groups excluding carboxylic acids is 1. The predicted octanol–water partition coefficient (Wildman–Crippen LogP) is 2.66. The second-order valence-corrected chi connectivity index (χ2v) is 5.37. The normalized spacial score (nSPS) is 10.6. The third-order valence-electron chi connectivity index (χ3n) is 2.92. The van der Waals surface area contributed by atoms with Gasteiger partial charge in [-0.05, 0) is 18.6 Å². The van der Waals surface area contributed by atoms with E-state index in [1.54, 1.807) is 0 Å². The maximum atomic E-state index is 12.2. The van der Waals surface area contributed by atoms with Crippen LogP contribution in [-0.2, 0) is 0 Å². The first-order chi connectivity index (χ1) is 10.2. The fourth-order valence-electron chi connectivity index (χ4n) is 1.88. The lowest BCUT2D eigenvalue weighted by Crippen LogP contribution is -2.13. The van der Waals surface area contributed by atoms with Crippen LogP contribution >= 0.6 is 11.3 Å². The molecule has 0 saturated carbocycles. The van der Waals surface area contributed by atoms with E-state index in [-0.39, 0.29) is 11.6 Å². The average Bonchev–Trinajstić information content (AvgIpc) is 2.91. The maximum absolute atomic E-state index is 12.2. The number of rotatable bonds is 3. The molecule has 0 saturated heterocycles. The molecule has 0 spiro atoms. The Hall–Kier alpha value is -2.54. The number of amides is 1. The molecule has 2 heterocycles. The highest BCUT2D eigenvalue weighted by atomic mass is 32.1. The fraction of sp³-hybridized carbons (Fsp3) is 0.143. The van der Waals surface area contributed by atoms with Gasteiger partial charge in [0.05, 0.1) is 17.3 Å². The Morgan fingerprint density at radius 2 is 2.19 bits per heavy atom. The largest absolute Gasteiger partial charge is 0.481 e. The van der Waals surface area contributed by atoms with Crippen molar-refractivity contribution in [3.8, 4) is 5.88 Å². The van der Waals surface area contributed by atoms with Crippen LogP contribution in [0.3, 0.4) is 0 Å². The molecule has 2 aromatic heterocycles. The van der Waals surface area contributed by atoms with Crippen LogP contribution in [0.1, 0.15) is 16.1 Å². The SMILES string of the molecule is COc1cc(C(=O)Nc2nc3c(C)cccc3s2)ncn1. The zero-order valence-corrected chi connectivity index (χ0v) is 12.3. The van der Waals surface area contributed by atoms with Gasteiger partial charge in [0.1, 0.15) is 12.0 Å². The van der Waals surface area contributed by atoms with Gasteiger partial charge in [0, 0.05) is 6.07 Å². The topological polar surface area (TPSA) is 77.0 Å². The van der Waals surface area contributed by atoms with E-state index in [9.17, 15) is 4.79 Å². The molecule has 0 atom stereocenters. The van der Waals surface area contributed by atoms with Gasteiger partial charge in [-0.25, -0.2) is 15.0 Å². The van der Waals surface area contributed by atoms with E-state index in [0.29, 0.717) is 11.0 Å². The number of ether oxygens (including phenoxy) is 1. The second kappa shape index (κ2) is 5.45. The van der Waals surface area contributed by atoms with Crippen LogP contribution in [0.2, 0.25) is 0 Å². The number of nitrogens with zero attached hydrogens (tertiary/aromatic N) is 3. The molecule has 1 aromatic carbocycles. The maximum Gasteiger partial charge on any atom is 0.276 e. The molecule has 6 nitrogen and oxygen atoms in total. The Balaban J connectivity index is 1.87. The summed E-state index contributed by atoms with van der Waals surface area (Å²) in [5.41, 5.74) is 2.21. The van der Waals surface area contributed by atoms with Gasteiger partial charge in [-0.1, -0.05) is 23.5 Å². The van der Waals surface area contributed by atoms with E-state index in [1.807, 2.05) is 25.1 Å². The summed E-state index contributed by atoms with van der Waals surface area (Å²) in [4.78, 5) is 24.4. The number of hydrogen-bond acceptors (Lipinski definition) is 6. The standard InChI is InChI=1S/C14H12N4O2S/c1-8-4-3-5-10-12(8)17-14(21-10)18-13(19)9-6-11(20-2)16-7-15-9/h3-7H,1-2H3,(H,17,18,19). The highest BCUT2D eigenvalue weighted by molar-refractivity contribution is 7.22. The number of methoxy groups -OCH3 is 1. The van der Waals surface area contributed by atoms with E-state index in [0.717, 1.165) is 15.8 Å². The van der Waals surface area contributed by atoms with Crippen LogP contribution in [0, 0.1) is 6.92 Å². The summed E-state index contributed by atoms with van der Waals surface area (Å²) in [5.74, 6) is 0.00250. The van der Waals surface area contributed by atoms with Crippen LogP contribution in [0.5, 0.6) is 5.88 Å². The summed E-state index contributed by atoms with van der Waals surface area (Å²) in [6.07, 6.45) is 1.29. The van der Waals surface area contributed by atoms with Gasteiger partial charge < -0.3 is 4.74 Å². The first kappa shape index (κ1) is 13.4. The van der Waals surface area contributed by atoms with Gasteiger partial charge in [0.15, 0.2) is 5.13 Å². The first-order valence-corrected chi connectivity index (χ1v) is 7.02.